The summed E-state index contributed by atoms with van der Waals surface area (Å²) in [6, 6.07) is 0. The highest BCUT2D eigenvalue weighted by molar-refractivity contribution is 6.02. The number of ketones is 2. The zero-order chi connectivity index (χ0) is 15.7. The molecule has 0 aromatic heterocycles. The van der Waals surface area contributed by atoms with Crippen molar-refractivity contribution in [2.24, 2.45) is 28.6 Å². The van der Waals surface area contributed by atoms with E-state index in [1.54, 1.807) is 0 Å². The lowest BCUT2D eigenvalue weighted by molar-refractivity contribution is -0.131. The number of allylic oxidation sites excluding steroid dienone is 4. The van der Waals surface area contributed by atoms with Gasteiger partial charge in [-0.1, -0.05) is 25.0 Å². The van der Waals surface area contributed by atoms with Gasteiger partial charge < -0.3 is 0 Å². The van der Waals surface area contributed by atoms with Crippen molar-refractivity contribution >= 4 is 11.6 Å². The van der Waals surface area contributed by atoms with E-state index in [2.05, 4.69) is 20.8 Å². The summed E-state index contributed by atoms with van der Waals surface area (Å²) in [6.45, 7) is 6.72. The van der Waals surface area contributed by atoms with Crippen LogP contribution >= 0.6 is 0 Å². The minimum Gasteiger partial charge on any atom is -0.299 e. The van der Waals surface area contributed by atoms with Crippen LogP contribution in [0.3, 0.4) is 0 Å². The maximum absolute atomic E-state index is 12.4. The molecule has 118 valence electrons. The molecule has 4 aliphatic rings. The third-order valence-corrected chi connectivity index (χ3v) is 7.80. The molecule has 0 radical (unpaired) electrons. The van der Waals surface area contributed by atoms with E-state index in [-0.39, 0.29) is 16.6 Å². The zero-order valence-electron chi connectivity index (χ0n) is 13.9. The van der Waals surface area contributed by atoms with Gasteiger partial charge in [0.15, 0.2) is 5.78 Å². The standard InChI is InChI=1S/C20H26O2/c1-12-10-14(21)11-13-4-5-15-16-6-7-18(22)19(16,2)9-8-17(15)20(12,13)3/h10-11,15-17H,4-9H2,1-3H3/t15-,16?,17?,19-,20-/m0/s1. The summed E-state index contributed by atoms with van der Waals surface area (Å²) in [5.41, 5.74) is 2.61. The van der Waals surface area contributed by atoms with E-state index in [1.807, 2.05) is 12.2 Å². The van der Waals surface area contributed by atoms with Gasteiger partial charge in [0.2, 0.25) is 0 Å². The maximum Gasteiger partial charge on any atom is 0.178 e. The first kappa shape index (κ1) is 14.4. The fourth-order valence-corrected chi connectivity index (χ4v) is 6.34. The molecule has 0 aliphatic heterocycles. The van der Waals surface area contributed by atoms with Crippen LogP contribution in [0.5, 0.6) is 0 Å². The molecule has 2 heteroatoms. The minimum absolute atomic E-state index is 0.0547. The Morgan fingerprint density at radius 1 is 1.00 bits per heavy atom. The Bertz CT molecular complexity index is 626. The summed E-state index contributed by atoms with van der Waals surface area (Å²) >= 11 is 0. The van der Waals surface area contributed by atoms with Crippen molar-refractivity contribution in [2.75, 3.05) is 0 Å². The lowest BCUT2D eigenvalue weighted by atomic mass is 9.47. The second-order valence-corrected chi connectivity index (χ2v) is 8.44. The molecule has 3 saturated carbocycles. The van der Waals surface area contributed by atoms with Gasteiger partial charge in [0.25, 0.3) is 0 Å². The van der Waals surface area contributed by atoms with Crippen LogP contribution < -0.4 is 0 Å². The summed E-state index contributed by atoms with van der Waals surface area (Å²) in [4.78, 5) is 24.3. The molecular weight excluding hydrogens is 272 g/mol. The van der Waals surface area contributed by atoms with Crippen molar-refractivity contribution in [3.8, 4) is 0 Å². The molecule has 0 aromatic rings. The number of rotatable bonds is 0. The van der Waals surface area contributed by atoms with E-state index in [0.29, 0.717) is 23.5 Å². The molecule has 0 bridgehead atoms. The first-order valence-electron chi connectivity index (χ1n) is 8.84. The Labute approximate surface area is 133 Å². The Kier molecular flexibility index (Phi) is 2.90. The molecule has 3 fully saturated rings. The van der Waals surface area contributed by atoms with Crippen molar-refractivity contribution in [1.82, 2.24) is 0 Å². The van der Waals surface area contributed by atoms with Crippen LogP contribution in [-0.2, 0) is 9.59 Å². The summed E-state index contributed by atoms with van der Waals surface area (Å²) < 4.78 is 0. The monoisotopic (exact) mass is 298 g/mol. The summed E-state index contributed by atoms with van der Waals surface area (Å²) in [5, 5.41) is 0. The highest BCUT2D eigenvalue weighted by atomic mass is 16.1. The molecule has 4 rings (SSSR count). The average Bonchev–Trinajstić information content (AvgIpc) is 2.77. The molecule has 0 N–H and O–H groups in total. The molecule has 22 heavy (non-hydrogen) atoms. The molecule has 4 aliphatic carbocycles. The van der Waals surface area contributed by atoms with Crippen LogP contribution in [0.1, 0.15) is 59.3 Å². The van der Waals surface area contributed by atoms with Crippen LogP contribution in [0.15, 0.2) is 23.3 Å². The molecule has 0 saturated heterocycles. The molecule has 0 spiro atoms. The van der Waals surface area contributed by atoms with Crippen molar-refractivity contribution in [1.29, 1.82) is 0 Å². The highest BCUT2D eigenvalue weighted by Gasteiger charge is 2.59. The van der Waals surface area contributed by atoms with Crippen LogP contribution in [0, 0.1) is 28.6 Å². The zero-order valence-corrected chi connectivity index (χ0v) is 13.9. The maximum atomic E-state index is 12.4. The number of fused-ring (bicyclic) bond motifs is 5. The second-order valence-electron chi connectivity index (χ2n) is 8.44. The Balaban J connectivity index is 1.75. The van der Waals surface area contributed by atoms with Gasteiger partial charge in [-0.15, -0.1) is 0 Å². The van der Waals surface area contributed by atoms with Crippen LogP contribution in [-0.4, -0.2) is 11.6 Å². The predicted octanol–water partition coefficient (Wildman–Crippen LogP) is 4.25. The van der Waals surface area contributed by atoms with E-state index in [4.69, 9.17) is 0 Å². The second kappa shape index (κ2) is 4.43. The highest BCUT2D eigenvalue weighted by Crippen LogP contribution is 2.64. The molecule has 2 unspecified atom stereocenters. The number of hydrogen-bond donors (Lipinski definition) is 0. The van der Waals surface area contributed by atoms with Gasteiger partial charge in [-0.2, -0.15) is 0 Å². The lowest BCUT2D eigenvalue weighted by Crippen LogP contribution is -2.50. The van der Waals surface area contributed by atoms with E-state index < -0.39 is 0 Å². The summed E-state index contributed by atoms with van der Waals surface area (Å²) in [6.07, 6.45) is 10.0. The van der Waals surface area contributed by atoms with Crippen LogP contribution in [0.2, 0.25) is 0 Å². The van der Waals surface area contributed by atoms with E-state index in [0.717, 1.165) is 32.1 Å². The number of Topliss-reactive ketones (excluding diaryl/α,β-unsaturated/α-hetero) is 1. The van der Waals surface area contributed by atoms with Crippen molar-refractivity contribution in [3.05, 3.63) is 23.3 Å². The van der Waals surface area contributed by atoms with E-state index in [9.17, 15) is 9.59 Å². The van der Waals surface area contributed by atoms with Crippen molar-refractivity contribution in [2.45, 2.75) is 59.3 Å². The quantitative estimate of drug-likeness (QED) is 0.670. The molecule has 0 aromatic carbocycles. The molecule has 5 atom stereocenters. The fraction of sp³-hybridized carbons (Fsp3) is 0.700. The molecule has 2 nitrogen and oxygen atoms in total. The Hall–Kier alpha value is -1.18. The normalized spacial score (nSPS) is 47.3. The van der Waals surface area contributed by atoms with E-state index in [1.165, 1.54) is 17.6 Å². The van der Waals surface area contributed by atoms with E-state index >= 15 is 0 Å². The Morgan fingerprint density at radius 2 is 1.77 bits per heavy atom. The smallest absolute Gasteiger partial charge is 0.178 e. The van der Waals surface area contributed by atoms with Crippen LogP contribution in [0.4, 0.5) is 0 Å². The molecule has 0 amide bonds. The third kappa shape index (κ3) is 1.62. The first-order chi connectivity index (χ1) is 10.4. The lowest BCUT2D eigenvalue weighted by Gasteiger charge is -2.57. The fourth-order valence-electron chi connectivity index (χ4n) is 6.34. The van der Waals surface area contributed by atoms with Crippen LogP contribution in [0.25, 0.3) is 0 Å². The first-order valence-corrected chi connectivity index (χ1v) is 8.84. The summed E-state index contributed by atoms with van der Waals surface area (Å²) in [5.74, 6) is 2.51. The van der Waals surface area contributed by atoms with Gasteiger partial charge >= 0.3 is 0 Å². The topological polar surface area (TPSA) is 34.1 Å². The predicted molar refractivity (Wildman–Crippen MR) is 86.2 cm³/mol. The van der Waals surface area contributed by atoms with Gasteiger partial charge in [-0.3, -0.25) is 9.59 Å². The largest absolute Gasteiger partial charge is 0.299 e. The number of hydrogen-bond acceptors (Lipinski definition) is 2. The average molecular weight is 298 g/mol. The number of carbonyl (C=O) groups is 2. The van der Waals surface area contributed by atoms with Crippen molar-refractivity contribution in [3.63, 3.8) is 0 Å². The van der Waals surface area contributed by atoms with Crippen molar-refractivity contribution < 1.29 is 9.59 Å². The molecule has 0 heterocycles. The number of carbonyl (C=O) groups excluding carboxylic acids is 2. The van der Waals surface area contributed by atoms with Gasteiger partial charge in [0.05, 0.1) is 0 Å². The van der Waals surface area contributed by atoms with Gasteiger partial charge in [-0.05, 0) is 68.9 Å². The van der Waals surface area contributed by atoms with Gasteiger partial charge in [0, 0.05) is 17.3 Å². The summed E-state index contributed by atoms with van der Waals surface area (Å²) in [7, 11) is 0. The van der Waals surface area contributed by atoms with Gasteiger partial charge in [-0.25, -0.2) is 0 Å². The molecular formula is C20H26O2. The third-order valence-electron chi connectivity index (χ3n) is 7.80. The SMILES string of the molecule is CC1=CC(=O)C=C2CC[C@@H]3C(CC[C@]4(C)C(=O)CCC34)[C@@]12C. The Morgan fingerprint density at radius 3 is 2.55 bits per heavy atom. The van der Waals surface area contributed by atoms with Gasteiger partial charge in [0.1, 0.15) is 5.78 Å². The minimum atomic E-state index is -0.0547.